The van der Waals surface area contributed by atoms with Gasteiger partial charge in [-0.05, 0) is 0 Å². The summed E-state index contributed by atoms with van der Waals surface area (Å²) in [5.41, 5.74) is 3.74. The number of aromatic amines is 1. The van der Waals surface area contributed by atoms with Crippen LogP contribution in [0.3, 0.4) is 0 Å². The molecule has 0 saturated carbocycles. The van der Waals surface area contributed by atoms with E-state index in [4.69, 9.17) is 0 Å². The highest BCUT2D eigenvalue weighted by molar-refractivity contribution is 7.13. The van der Waals surface area contributed by atoms with Crippen LogP contribution in [0, 0.1) is 0 Å². The predicted octanol–water partition coefficient (Wildman–Crippen LogP) is 3.13. The highest BCUT2D eigenvalue weighted by Crippen LogP contribution is 2.23. The molecule has 0 aliphatic heterocycles. The highest BCUT2D eigenvalue weighted by Gasteiger charge is 2.07. The Bertz CT molecular complexity index is 914. The molecule has 3 heterocycles. The predicted molar refractivity (Wildman–Crippen MR) is 91.4 cm³/mol. The van der Waals surface area contributed by atoms with E-state index in [0.717, 1.165) is 40.6 Å². The summed E-state index contributed by atoms with van der Waals surface area (Å²) in [7, 11) is 0. The van der Waals surface area contributed by atoms with Crippen LogP contribution in [0.1, 0.15) is 5.69 Å². The van der Waals surface area contributed by atoms with E-state index >= 15 is 0 Å². The van der Waals surface area contributed by atoms with E-state index in [-0.39, 0.29) is 0 Å². The van der Waals surface area contributed by atoms with Gasteiger partial charge in [-0.2, -0.15) is 0 Å². The largest absolute Gasteiger partial charge is 0.368 e. The molecular weight excluding hydrogens is 308 g/mol. The van der Waals surface area contributed by atoms with Gasteiger partial charge < -0.3 is 10.3 Å². The third-order valence-electron chi connectivity index (χ3n) is 3.47. The fourth-order valence-electron chi connectivity index (χ4n) is 2.34. The number of hydrogen-bond donors (Lipinski definition) is 2. The number of thiazole rings is 1. The lowest BCUT2D eigenvalue weighted by Crippen LogP contribution is -2.07. The Morgan fingerprint density at radius 3 is 2.91 bits per heavy atom. The lowest BCUT2D eigenvalue weighted by molar-refractivity contribution is 0.969. The first-order chi connectivity index (χ1) is 11.4. The average molecular weight is 322 g/mol. The number of rotatable bonds is 5. The van der Waals surface area contributed by atoms with Crippen LogP contribution in [0.25, 0.3) is 21.7 Å². The van der Waals surface area contributed by atoms with E-state index < -0.39 is 0 Å². The van der Waals surface area contributed by atoms with Crippen molar-refractivity contribution in [2.45, 2.75) is 6.42 Å². The van der Waals surface area contributed by atoms with Crippen LogP contribution in [0.2, 0.25) is 0 Å². The van der Waals surface area contributed by atoms with Gasteiger partial charge in [-0.25, -0.2) is 19.9 Å². The number of nitrogens with zero attached hydrogens (tertiary/aromatic N) is 4. The van der Waals surface area contributed by atoms with Crippen LogP contribution in [-0.2, 0) is 6.42 Å². The Balaban J connectivity index is 1.42. The molecule has 23 heavy (non-hydrogen) atoms. The molecule has 0 atom stereocenters. The number of fused-ring (bicyclic) bond motifs is 1. The molecule has 0 amide bonds. The smallest absolute Gasteiger partial charge is 0.182 e. The van der Waals surface area contributed by atoms with E-state index in [2.05, 4.69) is 47.7 Å². The standard InChI is InChI=1S/C16H14N6S/c1-2-4-11(5-3-1)16-22-12(8-23-16)6-7-17-14-13-15(19-9-18-13)21-10-20-14/h1-5,8-10H,6-7H2,(H2,17,18,19,20,21). The summed E-state index contributed by atoms with van der Waals surface area (Å²) in [5.74, 6) is 0.769. The maximum Gasteiger partial charge on any atom is 0.182 e. The summed E-state index contributed by atoms with van der Waals surface area (Å²) in [6.45, 7) is 0.753. The molecule has 0 bridgehead atoms. The van der Waals surface area contributed by atoms with Gasteiger partial charge >= 0.3 is 0 Å². The fraction of sp³-hybridized carbons (Fsp3) is 0.125. The molecule has 7 heteroatoms. The molecule has 0 unspecified atom stereocenters. The van der Waals surface area contributed by atoms with Crippen molar-refractivity contribution in [2.75, 3.05) is 11.9 Å². The molecule has 1 aromatic carbocycles. The van der Waals surface area contributed by atoms with Gasteiger partial charge in [0.25, 0.3) is 0 Å². The minimum absolute atomic E-state index is 0.669. The maximum atomic E-state index is 4.69. The van der Waals surface area contributed by atoms with Crippen molar-refractivity contribution in [2.24, 2.45) is 0 Å². The Hall–Kier alpha value is -2.80. The van der Waals surface area contributed by atoms with Crippen LogP contribution in [0.4, 0.5) is 5.82 Å². The van der Waals surface area contributed by atoms with Gasteiger partial charge in [0.2, 0.25) is 0 Å². The van der Waals surface area contributed by atoms with Gasteiger partial charge in [-0.15, -0.1) is 11.3 Å². The quantitative estimate of drug-likeness (QED) is 0.590. The first-order valence-electron chi connectivity index (χ1n) is 7.28. The molecule has 0 fully saturated rings. The molecule has 0 spiro atoms. The number of hydrogen-bond acceptors (Lipinski definition) is 6. The van der Waals surface area contributed by atoms with Crippen molar-refractivity contribution in [3.05, 3.63) is 54.1 Å². The van der Waals surface area contributed by atoms with Crippen LogP contribution in [-0.4, -0.2) is 31.5 Å². The van der Waals surface area contributed by atoms with Gasteiger partial charge in [0.15, 0.2) is 11.5 Å². The summed E-state index contributed by atoms with van der Waals surface area (Å²) < 4.78 is 0. The van der Waals surface area contributed by atoms with Crippen molar-refractivity contribution in [3.8, 4) is 10.6 Å². The summed E-state index contributed by atoms with van der Waals surface area (Å²) in [6.07, 6.45) is 3.97. The summed E-state index contributed by atoms with van der Waals surface area (Å²) >= 11 is 1.67. The SMILES string of the molecule is c1ccc(-c2nc(CCNc3ncnc4nc[nH]c34)cs2)cc1. The first-order valence-corrected chi connectivity index (χ1v) is 8.16. The zero-order valence-electron chi connectivity index (χ0n) is 12.2. The Morgan fingerprint density at radius 1 is 1.09 bits per heavy atom. The fourth-order valence-corrected chi connectivity index (χ4v) is 3.20. The number of imidazole rings is 1. The molecule has 6 nitrogen and oxygen atoms in total. The molecular formula is C16H14N6S. The minimum Gasteiger partial charge on any atom is -0.368 e. The van der Waals surface area contributed by atoms with Crippen molar-refractivity contribution in [1.29, 1.82) is 0 Å². The topological polar surface area (TPSA) is 79.4 Å². The second-order valence-corrected chi connectivity index (χ2v) is 5.87. The molecule has 114 valence electrons. The summed E-state index contributed by atoms with van der Waals surface area (Å²) in [4.78, 5) is 20.2. The second-order valence-electron chi connectivity index (χ2n) is 5.01. The number of nitrogens with one attached hydrogen (secondary N) is 2. The van der Waals surface area contributed by atoms with E-state index in [1.165, 1.54) is 6.33 Å². The molecule has 3 aromatic heterocycles. The Kier molecular flexibility index (Phi) is 3.69. The lowest BCUT2D eigenvalue weighted by atomic mass is 10.2. The molecule has 0 aliphatic rings. The van der Waals surface area contributed by atoms with Crippen molar-refractivity contribution < 1.29 is 0 Å². The summed E-state index contributed by atoms with van der Waals surface area (Å²) in [6, 6.07) is 10.2. The average Bonchev–Trinajstić information content (AvgIpc) is 3.25. The van der Waals surface area contributed by atoms with E-state index in [0.29, 0.717) is 5.65 Å². The molecule has 4 rings (SSSR count). The second kappa shape index (κ2) is 6.13. The number of aromatic nitrogens is 5. The number of anilines is 1. The zero-order chi connectivity index (χ0) is 15.5. The van der Waals surface area contributed by atoms with Gasteiger partial charge in [-0.1, -0.05) is 30.3 Å². The van der Waals surface area contributed by atoms with Crippen LogP contribution < -0.4 is 5.32 Å². The number of benzene rings is 1. The van der Waals surface area contributed by atoms with Gasteiger partial charge in [0, 0.05) is 23.9 Å². The minimum atomic E-state index is 0.669. The van der Waals surface area contributed by atoms with Gasteiger partial charge in [0.1, 0.15) is 16.9 Å². The molecule has 2 N–H and O–H groups in total. The molecule has 0 saturated heterocycles. The molecule has 0 radical (unpaired) electrons. The maximum absolute atomic E-state index is 4.69. The van der Waals surface area contributed by atoms with E-state index in [1.807, 2.05) is 18.2 Å². The summed E-state index contributed by atoms with van der Waals surface area (Å²) in [5, 5.41) is 6.47. The lowest BCUT2D eigenvalue weighted by Gasteiger charge is -2.04. The van der Waals surface area contributed by atoms with E-state index in [9.17, 15) is 0 Å². The van der Waals surface area contributed by atoms with E-state index in [1.54, 1.807) is 17.7 Å². The zero-order valence-corrected chi connectivity index (χ0v) is 13.0. The normalized spacial score (nSPS) is 11.0. The first kappa shape index (κ1) is 13.8. The highest BCUT2D eigenvalue weighted by atomic mass is 32.1. The third kappa shape index (κ3) is 2.91. The number of H-pyrrole nitrogens is 1. The van der Waals surface area contributed by atoms with Crippen LogP contribution in [0.5, 0.6) is 0 Å². The Morgan fingerprint density at radius 2 is 2.00 bits per heavy atom. The molecule has 0 aliphatic carbocycles. The van der Waals surface area contributed by atoms with Gasteiger partial charge in [-0.3, -0.25) is 0 Å². The van der Waals surface area contributed by atoms with Gasteiger partial charge in [0.05, 0.1) is 12.0 Å². The third-order valence-corrected chi connectivity index (χ3v) is 4.41. The monoisotopic (exact) mass is 322 g/mol. The Labute approximate surface area is 136 Å². The van der Waals surface area contributed by atoms with Crippen molar-refractivity contribution in [1.82, 2.24) is 24.9 Å². The van der Waals surface area contributed by atoms with Crippen LogP contribution >= 0.6 is 11.3 Å². The van der Waals surface area contributed by atoms with Crippen LogP contribution in [0.15, 0.2) is 48.4 Å². The van der Waals surface area contributed by atoms with Crippen molar-refractivity contribution >= 4 is 28.3 Å². The van der Waals surface area contributed by atoms with Crippen molar-refractivity contribution in [3.63, 3.8) is 0 Å². The molecule has 4 aromatic rings.